The van der Waals surface area contributed by atoms with Crippen molar-refractivity contribution in [3.63, 3.8) is 0 Å². The van der Waals surface area contributed by atoms with Crippen LogP contribution in [0.4, 0.5) is 5.13 Å². The first-order valence-electron chi connectivity index (χ1n) is 6.38. The van der Waals surface area contributed by atoms with Crippen LogP contribution in [0.3, 0.4) is 0 Å². The van der Waals surface area contributed by atoms with Crippen molar-refractivity contribution in [1.82, 2.24) is 14.8 Å². The summed E-state index contributed by atoms with van der Waals surface area (Å²) in [5.74, 6) is 0.0124. The highest BCUT2D eigenvalue weighted by Crippen LogP contribution is 2.20. The lowest BCUT2D eigenvalue weighted by Gasteiger charge is -2.32. The maximum atomic E-state index is 11.9. The lowest BCUT2D eigenvalue weighted by atomic mass is 10.3. The van der Waals surface area contributed by atoms with Crippen LogP contribution in [0.1, 0.15) is 18.7 Å². The summed E-state index contributed by atoms with van der Waals surface area (Å²) in [5, 5.41) is 3.98. The highest BCUT2D eigenvalue weighted by atomic mass is 32.1. The van der Waals surface area contributed by atoms with Gasteiger partial charge in [-0.2, -0.15) is 0 Å². The summed E-state index contributed by atoms with van der Waals surface area (Å²) < 4.78 is 0. The molecule has 1 saturated heterocycles. The SMILES string of the molecule is CCNc1ncc(CN2CC(=O)N(CC)CC2=O)s1. The molecule has 1 N–H and O–H groups in total. The minimum Gasteiger partial charge on any atom is -0.362 e. The molecule has 1 aliphatic heterocycles. The van der Waals surface area contributed by atoms with E-state index in [4.69, 9.17) is 0 Å². The summed E-state index contributed by atoms with van der Waals surface area (Å²) in [5.41, 5.74) is 0. The highest BCUT2D eigenvalue weighted by molar-refractivity contribution is 7.15. The lowest BCUT2D eigenvalue weighted by Crippen LogP contribution is -2.53. The molecule has 2 amide bonds. The van der Waals surface area contributed by atoms with E-state index in [2.05, 4.69) is 10.3 Å². The van der Waals surface area contributed by atoms with Crippen molar-refractivity contribution in [3.8, 4) is 0 Å². The van der Waals surface area contributed by atoms with Gasteiger partial charge < -0.3 is 15.1 Å². The molecule has 2 heterocycles. The molecule has 7 heteroatoms. The number of anilines is 1. The van der Waals surface area contributed by atoms with Gasteiger partial charge in [-0.15, -0.1) is 11.3 Å². The van der Waals surface area contributed by atoms with Crippen LogP contribution in [0.2, 0.25) is 0 Å². The molecular formula is C12H18N4O2S. The van der Waals surface area contributed by atoms with Gasteiger partial charge in [0.25, 0.3) is 0 Å². The van der Waals surface area contributed by atoms with E-state index in [0.717, 1.165) is 16.6 Å². The molecule has 19 heavy (non-hydrogen) atoms. The molecule has 0 aromatic carbocycles. The molecule has 1 aliphatic rings. The van der Waals surface area contributed by atoms with Crippen molar-refractivity contribution >= 4 is 28.3 Å². The molecule has 0 radical (unpaired) electrons. The predicted molar refractivity (Wildman–Crippen MR) is 73.9 cm³/mol. The number of nitrogens with zero attached hydrogens (tertiary/aromatic N) is 3. The summed E-state index contributed by atoms with van der Waals surface area (Å²) in [6.07, 6.45) is 1.76. The number of piperazine rings is 1. The summed E-state index contributed by atoms with van der Waals surface area (Å²) in [6, 6.07) is 0. The average Bonchev–Trinajstić information content (AvgIpc) is 2.81. The summed E-state index contributed by atoms with van der Waals surface area (Å²) >= 11 is 1.52. The van der Waals surface area contributed by atoms with Crippen LogP contribution in [-0.4, -0.2) is 52.8 Å². The average molecular weight is 282 g/mol. The van der Waals surface area contributed by atoms with Gasteiger partial charge in [0, 0.05) is 24.2 Å². The third kappa shape index (κ3) is 3.23. The molecule has 0 atom stereocenters. The van der Waals surface area contributed by atoms with Gasteiger partial charge in [0.15, 0.2) is 5.13 Å². The van der Waals surface area contributed by atoms with E-state index in [9.17, 15) is 9.59 Å². The molecule has 1 aromatic rings. The molecule has 1 fully saturated rings. The van der Waals surface area contributed by atoms with Crippen molar-refractivity contribution in [2.75, 3.05) is 31.5 Å². The zero-order valence-electron chi connectivity index (χ0n) is 11.2. The van der Waals surface area contributed by atoms with Crippen LogP contribution < -0.4 is 5.32 Å². The first kappa shape index (κ1) is 13.8. The van der Waals surface area contributed by atoms with Gasteiger partial charge in [-0.05, 0) is 13.8 Å². The van der Waals surface area contributed by atoms with Gasteiger partial charge in [-0.25, -0.2) is 4.98 Å². The van der Waals surface area contributed by atoms with Crippen molar-refractivity contribution in [2.45, 2.75) is 20.4 Å². The van der Waals surface area contributed by atoms with E-state index < -0.39 is 0 Å². The molecule has 1 aromatic heterocycles. The molecule has 6 nitrogen and oxygen atoms in total. The number of likely N-dealkylation sites (N-methyl/N-ethyl adjacent to an activating group) is 1. The Labute approximate surface area is 116 Å². The Balaban J connectivity index is 1.98. The van der Waals surface area contributed by atoms with E-state index >= 15 is 0 Å². The zero-order valence-corrected chi connectivity index (χ0v) is 12.0. The van der Waals surface area contributed by atoms with Gasteiger partial charge in [-0.3, -0.25) is 9.59 Å². The van der Waals surface area contributed by atoms with Gasteiger partial charge in [0.1, 0.15) is 6.54 Å². The van der Waals surface area contributed by atoms with Crippen LogP contribution in [0.5, 0.6) is 0 Å². The van der Waals surface area contributed by atoms with E-state index in [-0.39, 0.29) is 24.9 Å². The highest BCUT2D eigenvalue weighted by Gasteiger charge is 2.29. The van der Waals surface area contributed by atoms with Crippen molar-refractivity contribution in [2.24, 2.45) is 0 Å². The standard InChI is InChI=1S/C12H18N4O2S/c1-3-13-12-14-5-9(19-12)6-16-8-10(17)15(4-2)7-11(16)18/h5H,3-4,6-8H2,1-2H3,(H,13,14). The number of carbonyl (C=O) groups excluding carboxylic acids is 2. The molecule has 0 unspecified atom stereocenters. The Morgan fingerprint density at radius 2 is 1.95 bits per heavy atom. The van der Waals surface area contributed by atoms with Crippen molar-refractivity contribution in [1.29, 1.82) is 0 Å². The van der Waals surface area contributed by atoms with E-state index in [1.807, 2.05) is 13.8 Å². The van der Waals surface area contributed by atoms with Crippen LogP contribution in [0.15, 0.2) is 6.20 Å². The molecule has 2 rings (SSSR count). The number of rotatable bonds is 5. The first-order chi connectivity index (χ1) is 9.13. The van der Waals surface area contributed by atoms with Gasteiger partial charge in [-0.1, -0.05) is 0 Å². The maximum Gasteiger partial charge on any atom is 0.242 e. The second-order valence-corrected chi connectivity index (χ2v) is 5.43. The van der Waals surface area contributed by atoms with Gasteiger partial charge in [0.05, 0.1) is 13.1 Å². The van der Waals surface area contributed by atoms with Crippen LogP contribution in [0.25, 0.3) is 0 Å². The Bertz CT molecular complexity index is 474. The van der Waals surface area contributed by atoms with Crippen molar-refractivity contribution in [3.05, 3.63) is 11.1 Å². The van der Waals surface area contributed by atoms with E-state index in [1.54, 1.807) is 16.0 Å². The number of thiazole rings is 1. The number of carbonyl (C=O) groups is 2. The fraction of sp³-hybridized carbons (Fsp3) is 0.583. The Morgan fingerprint density at radius 3 is 2.63 bits per heavy atom. The summed E-state index contributed by atoms with van der Waals surface area (Å²) in [4.78, 5) is 32.1. The minimum atomic E-state index is -0.000138. The Morgan fingerprint density at radius 1 is 1.26 bits per heavy atom. The topological polar surface area (TPSA) is 65.5 Å². The smallest absolute Gasteiger partial charge is 0.242 e. The zero-order chi connectivity index (χ0) is 13.8. The van der Waals surface area contributed by atoms with E-state index in [1.165, 1.54) is 11.3 Å². The molecule has 0 aliphatic carbocycles. The summed E-state index contributed by atoms with van der Waals surface area (Å²) in [6.45, 7) is 6.11. The predicted octanol–water partition coefficient (Wildman–Crippen LogP) is 0.766. The normalized spacial score (nSPS) is 16.1. The minimum absolute atomic E-state index is 0.000138. The largest absolute Gasteiger partial charge is 0.362 e. The van der Waals surface area contributed by atoms with Crippen molar-refractivity contribution < 1.29 is 9.59 Å². The number of aromatic nitrogens is 1. The number of hydrogen-bond donors (Lipinski definition) is 1. The molecule has 104 valence electrons. The van der Waals surface area contributed by atoms with Crippen LogP contribution >= 0.6 is 11.3 Å². The quantitative estimate of drug-likeness (QED) is 0.866. The van der Waals surface area contributed by atoms with E-state index in [0.29, 0.717) is 13.1 Å². The fourth-order valence-corrected chi connectivity index (χ4v) is 2.83. The van der Waals surface area contributed by atoms with Gasteiger partial charge >= 0.3 is 0 Å². The monoisotopic (exact) mass is 282 g/mol. The molecular weight excluding hydrogens is 264 g/mol. The first-order valence-corrected chi connectivity index (χ1v) is 7.19. The van der Waals surface area contributed by atoms with Crippen LogP contribution in [-0.2, 0) is 16.1 Å². The Hall–Kier alpha value is -1.63. The molecule has 0 spiro atoms. The summed E-state index contributed by atoms with van der Waals surface area (Å²) in [7, 11) is 0. The second-order valence-electron chi connectivity index (χ2n) is 4.32. The molecule has 0 saturated carbocycles. The fourth-order valence-electron chi connectivity index (χ4n) is 1.94. The van der Waals surface area contributed by atoms with Crippen LogP contribution in [0, 0.1) is 0 Å². The third-order valence-electron chi connectivity index (χ3n) is 2.97. The maximum absolute atomic E-state index is 11.9. The second kappa shape index (κ2) is 6.01. The number of amides is 2. The number of nitrogens with one attached hydrogen (secondary N) is 1. The van der Waals surface area contributed by atoms with Gasteiger partial charge in [0.2, 0.25) is 11.8 Å². The molecule has 0 bridgehead atoms. The third-order valence-corrected chi connectivity index (χ3v) is 3.91. The lowest BCUT2D eigenvalue weighted by molar-refractivity contribution is -0.150. The Kier molecular flexibility index (Phi) is 4.36. The number of hydrogen-bond acceptors (Lipinski definition) is 5.